The zero-order valence-corrected chi connectivity index (χ0v) is 10.3. The molecule has 0 aliphatic rings. The lowest BCUT2D eigenvalue weighted by atomic mass is 10.2. The molecule has 0 fully saturated rings. The van der Waals surface area contributed by atoms with Crippen molar-refractivity contribution in [2.75, 3.05) is 13.2 Å². The lowest BCUT2D eigenvalue weighted by Gasteiger charge is -2.19. The van der Waals surface area contributed by atoms with Gasteiger partial charge in [-0.25, -0.2) is 5.53 Å². The van der Waals surface area contributed by atoms with Gasteiger partial charge in [0.05, 0.1) is 12.2 Å². The summed E-state index contributed by atoms with van der Waals surface area (Å²) in [5, 5.41) is 6.53. The molecular weight excluding hydrogens is 190 g/mol. The van der Waals surface area contributed by atoms with Crippen LogP contribution in [-0.4, -0.2) is 18.8 Å². The van der Waals surface area contributed by atoms with Crippen molar-refractivity contribution in [3.05, 3.63) is 11.9 Å². The summed E-state index contributed by atoms with van der Waals surface area (Å²) in [6, 6.07) is 0. The Hall–Kier alpha value is -0.900. The number of nitrogens with one attached hydrogen (secondary N) is 2. The standard InChI is InChI=1S/C11H23N3O/c1-5-6-7-13-8-10(14-12)9-15-11(2,3)4/h8,12-13H,5-7,9H2,1-4H3/b10-8-,14-12?. The SMILES string of the molecule is CCCCN/C=C(/COC(C)(C)C)N=N. The first-order valence-corrected chi connectivity index (χ1v) is 5.43. The van der Waals surface area contributed by atoms with Gasteiger partial charge in [0.25, 0.3) is 0 Å². The van der Waals surface area contributed by atoms with Crippen molar-refractivity contribution in [2.24, 2.45) is 5.11 Å². The van der Waals surface area contributed by atoms with E-state index in [1.807, 2.05) is 20.8 Å². The van der Waals surface area contributed by atoms with Gasteiger partial charge in [-0.2, -0.15) is 5.11 Å². The molecule has 0 saturated heterocycles. The number of hydrogen-bond acceptors (Lipinski definition) is 4. The van der Waals surface area contributed by atoms with Gasteiger partial charge >= 0.3 is 0 Å². The molecule has 0 aliphatic carbocycles. The van der Waals surface area contributed by atoms with Crippen LogP contribution in [0, 0.1) is 5.53 Å². The van der Waals surface area contributed by atoms with Crippen molar-refractivity contribution in [3.8, 4) is 0 Å². The fourth-order valence-corrected chi connectivity index (χ4v) is 0.865. The van der Waals surface area contributed by atoms with Crippen LogP contribution in [0.25, 0.3) is 0 Å². The molecule has 15 heavy (non-hydrogen) atoms. The molecule has 0 rings (SSSR count). The maximum atomic E-state index is 6.98. The van der Waals surface area contributed by atoms with E-state index in [4.69, 9.17) is 10.3 Å². The van der Waals surface area contributed by atoms with Crippen LogP contribution >= 0.6 is 0 Å². The van der Waals surface area contributed by atoms with Crippen molar-refractivity contribution in [1.29, 1.82) is 5.53 Å². The first-order chi connectivity index (χ1) is 6.99. The van der Waals surface area contributed by atoms with Gasteiger partial charge in [0.1, 0.15) is 5.70 Å². The summed E-state index contributed by atoms with van der Waals surface area (Å²) in [5.74, 6) is 0. The Kier molecular flexibility index (Phi) is 6.96. The Morgan fingerprint density at radius 1 is 1.47 bits per heavy atom. The summed E-state index contributed by atoms with van der Waals surface area (Å²) >= 11 is 0. The summed E-state index contributed by atoms with van der Waals surface area (Å²) in [6.45, 7) is 9.40. The number of ether oxygens (including phenoxy) is 1. The summed E-state index contributed by atoms with van der Waals surface area (Å²) in [5.41, 5.74) is 7.42. The fourth-order valence-electron chi connectivity index (χ4n) is 0.865. The van der Waals surface area contributed by atoms with Gasteiger partial charge in [-0.1, -0.05) is 13.3 Å². The van der Waals surface area contributed by atoms with Crippen LogP contribution in [0.15, 0.2) is 17.0 Å². The number of nitrogens with zero attached hydrogens (tertiary/aromatic N) is 1. The van der Waals surface area contributed by atoms with Gasteiger partial charge in [-0.05, 0) is 27.2 Å². The minimum atomic E-state index is -0.187. The van der Waals surface area contributed by atoms with Crippen LogP contribution < -0.4 is 5.32 Å². The zero-order chi connectivity index (χ0) is 11.7. The molecule has 0 aromatic carbocycles. The van der Waals surface area contributed by atoms with Crippen molar-refractivity contribution < 1.29 is 4.74 Å². The van der Waals surface area contributed by atoms with Crippen LogP contribution in [0.3, 0.4) is 0 Å². The van der Waals surface area contributed by atoms with Crippen molar-refractivity contribution >= 4 is 0 Å². The van der Waals surface area contributed by atoms with Crippen molar-refractivity contribution in [1.82, 2.24) is 5.32 Å². The van der Waals surface area contributed by atoms with Gasteiger partial charge in [-0.3, -0.25) is 0 Å². The van der Waals surface area contributed by atoms with E-state index in [0.29, 0.717) is 12.3 Å². The van der Waals surface area contributed by atoms with E-state index in [2.05, 4.69) is 17.4 Å². The maximum absolute atomic E-state index is 6.98. The highest BCUT2D eigenvalue weighted by Gasteiger charge is 2.10. The van der Waals surface area contributed by atoms with E-state index in [9.17, 15) is 0 Å². The van der Waals surface area contributed by atoms with Crippen LogP contribution in [0.2, 0.25) is 0 Å². The topological polar surface area (TPSA) is 57.5 Å². The summed E-state index contributed by atoms with van der Waals surface area (Å²) in [7, 11) is 0. The second-order valence-electron chi connectivity index (χ2n) is 4.46. The van der Waals surface area contributed by atoms with E-state index in [1.165, 1.54) is 0 Å². The second-order valence-corrected chi connectivity index (χ2v) is 4.46. The zero-order valence-electron chi connectivity index (χ0n) is 10.3. The van der Waals surface area contributed by atoms with E-state index in [1.54, 1.807) is 6.20 Å². The molecule has 2 N–H and O–H groups in total. The van der Waals surface area contributed by atoms with E-state index < -0.39 is 0 Å². The molecule has 0 amide bonds. The minimum Gasteiger partial charge on any atom is -0.389 e. The third-order valence-electron chi connectivity index (χ3n) is 1.74. The van der Waals surface area contributed by atoms with Crippen molar-refractivity contribution in [3.63, 3.8) is 0 Å². The first-order valence-electron chi connectivity index (χ1n) is 5.43. The Balaban J connectivity index is 3.86. The maximum Gasteiger partial charge on any atom is 0.104 e. The molecule has 0 aromatic rings. The second kappa shape index (κ2) is 7.40. The molecule has 0 bridgehead atoms. The van der Waals surface area contributed by atoms with Gasteiger partial charge in [0.15, 0.2) is 0 Å². The van der Waals surface area contributed by atoms with Crippen LogP contribution in [0.5, 0.6) is 0 Å². The smallest absolute Gasteiger partial charge is 0.104 e. The van der Waals surface area contributed by atoms with E-state index >= 15 is 0 Å². The number of rotatable bonds is 7. The largest absolute Gasteiger partial charge is 0.389 e. The van der Waals surface area contributed by atoms with Crippen LogP contribution in [0.4, 0.5) is 0 Å². The predicted octanol–water partition coefficient (Wildman–Crippen LogP) is 3.06. The van der Waals surface area contributed by atoms with E-state index in [0.717, 1.165) is 19.4 Å². The van der Waals surface area contributed by atoms with Gasteiger partial charge in [-0.15, -0.1) is 0 Å². The summed E-state index contributed by atoms with van der Waals surface area (Å²) in [4.78, 5) is 0. The fraction of sp³-hybridized carbons (Fsp3) is 0.818. The Bertz CT molecular complexity index is 206. The third kappa shape index (κ3) is 9.41. The quantitative estimate of drug-likeness (QED) is 0.504. The molecule has 0 heterocycles. The molecule has 0 aromatic heterocycles. The van der Waals surface area contributed by atoms with Gasteiger partial charge in [0.2, 0.25) is 0 Å². The van der Waals surface area contributed by atoms with E-state index in [-0.39, 0.29) is 5.60 Å². The number of unbranched alkanes of at least 4 members (excludes halogenated alkanes) is 1. The highest BCUT2D eigenvalue weighted by Crippen LogP contribution is 2.09. The van der Waals surface area contributed by atoms with Gasteiger partial charge in [0, 0.05) is 12.7 Å². The predicted molar refractivity (Wildman–Crippen MR) is 61.8 cm³/mol. The number of hydrogen-bond donors (Lipinski definition) is 2. The Morgan fingerprint density at radius 2 is 2.13 bits per heavy atom. The molecule has 4 nitrogen and oxygen atoms in total. The highest BCUT2D eigenvalue weighted by atomic mass is 16.5. The van der Waals surface area contributed by atoms with Gasteiger partial charge < -0.3 is 10.1 Å². The van der Waals surface area contributed by atoms with Crippen molar-refractivity contribution in [2.45, 2.75) is 46.1 Å². The summed E-state index contributed by atoms with van der Waals surface area (Å²) in [6.07, 6.45) is 4.04. The molecule has 0 spiro atoms. The summed E-state index contributed by atoms with van der Waals surface area (Å²) < 4.78 is 5.52. The lowest BCUT2D eigenvalue weighted by molar-refractivity contribution is 0.0102. The molecule has 88 valence electrons. The first kappa shape index (κ1) is 14.1. The van der Waals surface area contributed by atoms with Crippen LogP contribution in [0.1, 0.15) is 40.5 Å². The van der Waals surface area contributed by atoms with Crippen LogP contribution in [-0.2, 0) is 4.74 Å². The molecule has 0 atom stereocenters. The molecule has 4 heteroatoms. The third-order valence-corrected chi connectivity index (χ3v) is 1.74. The minimum absolute atomic E-state index is 0.187. The average molecular weight is 213 g/mol. The molecule has 0 radical (unpaired) electrons. The Labute approximate surface area is 92.6 Å². The molecular formula is C11H23N3O. The molecule has 0 unspecified atom stereocenters. The lowest BCUT2D eigenvalue weighted by Crippen LogP contribution is -2.21. The Morgan fingerprint density at radius 3 is 2.60 bits per heavy atom. The molecule has 0 aliphatic heterocycles. The molecule has 0 saturated carbocycles. The average Bonchev–Trinajstić information content (AvgIpc) is 2.15. The monoisotopic (exact) mass is 213 g/mol. The highest BCUT2D eigenvalue weighted by molar-refractivity contribution is 4.97. The normalized spacial score (nSPS) is 12.7.